The van der Waals surface area contributed by atoms with E-state index in [0.29, 0.717) is 12.5 Å². The number of rotatable bonds is 4. The highest BCUT2D eigenvalue weighted by atomic mass is 16.5. The van der Waals surface area contributed by atoms with Crippen LogP contribution in [0.4, 0.5) is 0 Å². The highest BCUT2D eigenvalue weighted by Crippen LogP contribution is 2.38. The van der Waals surface area contributed by atoms with Crippen molar-refractivity contribution in [3.8, 4) is 6.07 Å². The standard InChI is InChI=1S/C14H17NO/c1-16-8-7-11-5-6-14(12-3-2-4-12)13(9-11)10-15/h5-6,9,12H,2-4,7-8H2,1H3. The van der Waals surface area contributed by atoms with E-state index in [1.807, 2.05) is 6.07 Å². The zero-order chi connectivity index (χ0) is 11.4. The molecule has 0 aliphatic heterocycles. The summed E-state index contributed by atoms with van der Waals surface area (Å²) in [5, 5.41) is 9.16. The average molecular weight is 215 g/mol. The quantitative estimate of drug-likeness (QED) is 0.773. The summed E-state index contributed by atoms with van der Waals surface area (Å²) in [5.41, 5.74) is 3.30. The van der Waals surface area contributed by atoms with Crippen molar-refractivity contribution in [1.29, 1.82) is 5.26 Å². The summed E-state index contributed by atoms with van der Waals surface area (Å²) >= 11 is 0. The van der Waals surface area contributed by atoms with Crippen molar-refractivity contribution < 1.29 is 4.74 Å². The number of nitriles is 1. The minimum Gasteiger partial charge on any atom is -0.384 e. The Hall–Kier alpha value is -1.33. The highest BCUT2D eigenvalue weighted by Gasteiger charge is 2.22. The van der Waals surface area contributed by atoms with Crippen molar-refractivity contribution in [2.45, 2.75) is 31.6 Å². The van der Waals surface area contributed by atoms with Crippen molar-refractivity contribution >= 4 is 0 Å². The van der Waals surface area contributed by atoms with Crippen molar-refractivity contribution in [1.82, 2.24) is 0 Å². The molecule has 0 amide bonds. The van der Waals surface area contributed by atoms with Gasteiger partial charge in [0.05, 0.1) is 18.2 Å². The monoisotopic (exact) mass is 215 g/mol. The van der Waals surface area contributed by atoms with E-state index < -0.39 is 0 Å². The molecule has 1 fully saturated rings. The summed E-state index contributed by atoms with van der Waals surface area (Å²) in [6, 6.07) is 8.61. The minimum absolute atomic E-state index is 0.631. The summed E-state index contributed by atoms with van der Waals surface area (Å²) in [5.74, 6) is 0.631. The van der Waals surface area contributed by atoms with E-state index in [1.165, 1.54) is 30.4 Å². The lowest BCUT2D eigenvalue weighted by Gasteiger charge is -2.26. The maximum absolute atomic E-state index is 9.16. The number of methoxy groups -OCH3 is 1. The maximum atomic E-state index is 9.16. The Labute approximate surface area is 96.9 Å². The van der Waals surface area contributed by atoms with Crippen molar-refractivity contribution in [3.05, 3.63) is 34.9 Å². The fourth-order valence-electron chi connectivity index (χ4n) is 2.15. The van der Waals surface area contributed by atoms with Gasteiger partial charge in [-0.15, -0.1) is 0 Å². The summed E-state index contributed by atoms with van der Waals surface area (Å²) in [6.45, 7) is 0.716. The predicted octanol–water partition coefficient (Wildman–Crippen LogP) is 3.01. The van der Waals surface area contributed by atoms with Crippen molar-refractivity contribution in [2.75, 3.05) is 13.7 Å². The molecule has 1 aliphatic rings. The first-order chi connectivity index (χ1) is 7.85. The lowest BCUT2D eigenvalue weighted by atomic mass is 9.78. The molecule has 0 N–H and O–H groups in total. The van der Waals surface area contributed by atoms with E-state index in [-0.39, 0.29) is 0 Å². The molecule has 0 atom stereocenters. The van der Waals surface area contributed by atoms with Crippen LogP contribution in [0.3, 0.4) is 0 Å². The Morgan fingerprint density at radius 3 is 2.81 bits per heavy atom. The third-order valence-corrected chi connectivity index (χ3v) is 3.38. The predicted molar refractivity (Wildman–Crippen MR) is 63.3 cm³/mol. The van der Waals surface area contributed by atoms with Gasteiger partial charge in [-0.05, 0) is 42.4 Å². The number of hydrogen-bond donors (Lipinski definition) is 0. The molecule has 0 unspecified atom stereocenters. The van der Waals surface area contributed by atoms with Crippen LogP contribution in [0.2, 0.25) is 0 Å². The second-order valence-corrected chi connectivity index (χ2v) is 4.40. The van der Waals surface area contributed by atoms with Gasteiger partial charge >= 0.3 is 0 Å². The molecule has 1 aromatic rings. The average Bonchev–Trinajstić information content (AvgIpc) is 2.25. The molecule has 0 aromatic heterocycles. The van der Waals surface area contributed by atoms with E-state index in [2.05, 4.69) is 18.2 Å². The first kappa shape index (κ1) is 11.2. The smallest absolute Gasteiger partial charge is 0.0994 e. The lowest BCUT2D eigenvalue weighted by molar-refractivity contribution is 0.202. The molecule has 84 valence electrons. The van der Waals surface area contributed by atoms with Gasteiger partial charge in [0.15, 0.2) is 0 Å². The second kappa shape index (κ2) is 5.14. The van der Waals surface area contributed by atoms with E-state index in [9.17, 15) is 0 Å². The zero-order valence-electron chi connectivity index (χ0n) is 9.70. The van der Waals surface area contributed by atoms with Crippen LogP contribution in [0.15, 0.2) is 18.2 Å². The van der Waals surface area contributed by atoms with Crippen LogP contribution >= 0.6 is 0 Å². The first-order valence-corrected chi connectivity index (χ1v) is 5.87. The lowest BCUT2D eigenvalue weighted by Crippen LogP contribution is -2.10. The third-order valence-electron chi connectivity index (χ3n) is 3.38. The summed E-state index contributed by atoms with van der Waals surface area (Å²) < 4.78 is 5.05. The molecule has 2 nitrogen and oxygen atoms in total. The fraction of sp³-hybridized carbons (Fsp3) is 0.500. The van der Waals surface area contributed by atoms with Crippen LogP contribution in [0.5, 0.6) is 0 Å². The molecule has 1 aromatic carbocycles. The van der Waals surface area contributed by atoms with Gasteiger partial charge in [-0.25, -0.2) is 0 Å². The molecule has 0 bridgehead atoms. The van der Waals surface area contributed by atoms with Gasteiger partial charge in [0.1, 0.15) is 0 Å². The van der Waals surface area contributed by atoms with Crippen molar-refractivity contribution in [3.63, 3.8) is 0 Å². The molecular weight excluding hydrogens is 198 g/mol. The minimum atomic E-state index is 0.631. The summed E-state index contributed by atoms with van der Waals surface area (Å²) in [7, 11) is 1.70. The van der Waals surface area contributed by atoms with Crippen LogP contribution in [-0.4, -0.2) is 13.7 Å². The van der Waals surface area contributed by atoms with Gasteiger partial charge in [-0.1, -0.05) is 18.6 Å². The van der Waals surface area contributed by atoms with E-state index in [4.69, 9.17) is 10.00 Å². The Kier molecular flexibility index (Phi) is 3.58. The molecule has 0 saturated heterocycles. The third kappa shape index (κ3) is 2.25. The number of hydrogen-bond acceptors (Lipinski definition) is 2. The molecule has 0 radical (unpaired) electrons. The number of ether oxygens (including phenoxy) is 1. The molecule has 1 saturated carbocycles. The second-order valence-electron chi connectivity index (χ2n) is 4.40. The van der Waals surface area contributed by atoms with Crippen LogP contribution < -0.4 is 0 Å². The Morgan fingerprint density at radius 2 is 2.25 bits per heavy atom. The van der Waals surface area contributed by atoms with E-state index >= 15 is 0 Å². The van der Waals surface area contributed by atoms with Crippen LogP contribution in [0, 0.1) is 11.3 Å². The maximum Gasteiger partial charge on any atom is 0.0994 e. The summed E-state index contributed by atoms with van der Waals surface area (Å²) in [4.78, 5) is 0. The molecule has 2 heteroatoms. The Morgan fingerprint density at radius 1 is 1.44 bits per heavy atom. The first-order valence-electron chi connectivity index (χ1n) is 5.87. The van der Waals surface area contributed by atoms with Gasteiger partial charge in [-0.2, -0.15) is 5.26 Å². The molecule has 1 aliphatic carbocycles. The summed E-state index contributed by atoms with van der Waals surface area (Å²) in [6.07, 6.45) is 4.68. The van der Waals surface area contributed by atoms with Crippen molar-refractivity contribution in [2.24, 2.45) is 0 Å². The molecule has 0 heterocycles. The largest absolute Gasteiger partial charge is 0.384 e. The molecule has 0 spiro atoms. The normalized spacial score (nSPS) is 15.5. The fourth-order valence-corrected chi connectivity index (χ4v) is 2.15. The van der Waals surface area contributed by atoms with Gasteiger partial charge in [0.2, 0.25) is 0 Å². The van der Waals surface area contributed by atoms with Crippen LogP contribution in [-0.2, 0) is 11.2 Å². The Balaban J connectivity index is 2.18. The molecule has 2 rings (SSSR count). The molecular formula is C14H17NO. The topological polar surface area (TPSA) is 33.0 Å². The Bertz CT molecular complexity index is 402. The van der Waals surface area contributed by atoms with Gasteiger partial charge < -0.3 is 4.74 Å². The molecule has 16 heavy (non-hydrogen) atoms. The van der Waals surface area contributed by atoms with E-state index in [1.54, 1.807) is 7.11 Å². The zero-order valence-corrected chi connectivity index (χ0v) is 9.70. The van der Waals surface area contributed by atoms with Crippen LogP contribution in [0.25, 0.3) is 0 Å². The van der Waals surface area contributed by atoms with Gasteiger partial charge in [-0.3, -0.25) is 0 Å². The van der Waals surface area contributed by atoms with E-state index in [0.717, 1.165) is 12.0 Å². The van der Waals surface area contributed by atoms with Gasteiger partial charge in [0.25, 0.3) is 0 Å². The number of nitrogens with zero attached hydrogens (tertiary/aromatic N) is 1. The number of benzene rings is 1. The SMILES string of the molecule is COCCc1ccc(C2CCC2)c(C#N)c1. The highest BCUT2D eigenvalue weighted by molar-refractivity contribution is 5.43. The van der Waals surface area contributed by atoms with Crippen LogP contribution in [0.1, 0.15) is 41.9 Å². The van der Waals surface area contributed by atoms with Gasteiger partial charge in [0, 0.05) is 7.11 Å².